The number of nitrogens with one attached hydrogen (secondary N) is 1. The number of aromatic nitrogens is 3. The van der Waals surface area contributed by atoms with Crippen molar-refractivity contribution in [1.82, 2.24) is 20.1 Å². The summed E-state index contributed by atoms with van der Waals surface area (Å²) in [5.41, 5.74) is 1.88. The lowest BCUT2D eigenvalue weighted by atomic mass is 10.2. The van der Waals surface area contributed by atoms with Gasteiger partial charge in [0.25, 0.3) is 0 Å². The molecule has 0 saturated carbocycles. The van der Waals surface area contributed by atoms with Crippen LogP contribution in [0.25, 0.3) is 11.4 Å². The van der Waals surface area contributed by atoms with E-state index in [-0.39, 0.29) is 24.1 Å². The highest BCUT2D eigenvalue weighted by Gasteiger charge is 2.25. The Morgan fingerprint density at radius 3 is 2.80 bits per heavy atom. The molecule has 2 atom stereocenters. The second-order valence-corrected chi connectivity index (χ2v) is 9.75. The first-order valence-electron chi connectivity index (χ1n) is 11.6. The molecule has 1 N–H and O–H groups in total. The number of nitrogens with zero attached hydrogens (tertiary/aromatic N) is 3. The van der Waals surface area contributed by atoms with Gasteiger partial charge in [-0.3, -0.25) is 9.36 Å². The van der Waals surface area contributed by atoms with Crippen LogP contribution in [0.15, 0.2) is 47.6 Å². The van der Waals surface area contributed by atoms with E-state index in [9.17, 15) is 4.79 Å². The van der Waals surface area contributed by atoms with E-state index in [0.717, 1.165) is 47.9 Å². The fourth-order valence-electron chi connectivity index (χ4n) is 4.08. The highest BCUT2D eigenvalue weighted by atomic mass is 32.2. The number of carbonyl (C=O) groups is 1. The molecule has 2 aliphatic rings. The summed E-state index contributed by atoms with van der Waals surface area (Å²) in [6, 6.07) is 13.4. The van der Waals surface area contributed by atoms with Crippen LogP contribution in [0.3, 0.4) is 0 Å². The minimum absolute atomic E-state index is 0.0784. The topological polar surface area (TPSA) is 96.7 Å². The molecule has 0 bridgehead atoms. The zero-order chi connectivity index (χ0) is 24.2. The molecule has 2 aromatic carbocycles. The molecule has 9 nitrogen and oxygen atoms in total. The number of methoxy groups -OCH3 is 1. The molecule has 1 saturated heterocycles. The van der Waals surface area contributed by atoms with Gasteiger partial charge in [-0.15, -0.1) is 10.2 Å². The maximum atomic E-state index is 12.9. The predicted molar refractivity (Wildman–Crippen MR) is 131 cm³/mol. The molecule has 2 unspecified atom stereocenters. The maximum Gasteiger partial charge on any atom is 0.233 e. The van der Waals surface area contributed by atoms with Crippen molar-refractivity contribution in [2.45, 2.75) is 49.4 Å². The summed E-state index contributed by atoms with van der Waals surface area (Å²) in [6.07, 6.45) is 2.15. The summed E-state index contributed by atoms with van der Waals surface area (Å²) in [5, 5.41) is 12.2. The highest BCUT2D eigenvalue weighted by Crippen LogP contribution is 2.33. The molecule has 1 fully saturated rings. The molecule has 35 heavy (non-hydrogen) atoms. The molecular formula is C25H28N4O5S. The average molecular weight is 497 g/mol. The van der Waals surface area contributed by atoms with Gasteiger partial charge in [-0.05, 0) is 61.7 Å². The summed E-state index contributed by atoms with van der Waals surface area (Å²) in [6.45, 7) is 3.91. The number of benzene rings is 2. The zero-order valence-corrected chi connectivity index (χ0v) is 20.5. The average Bonchev–Trinajstić information content (AvgIpc) is 3.65. The molecule has 1 aromatic heterocycles. The fourth-order valence-corrected chi connectivity index (χ4v) is 4.96. The van der Waals surface area contributed by atoms with Crippen LogP contribution >= 0.6 is 11.8 Å². The van der Waals surface area contributed by atoms with E-state index in [1.807, 2.05) is 49.4 Å². The Kier molecular flexibility index (Phi) is 7.10. The monoisotopic (exact) mass is 496 g/mol. The van der Waals surface area contributed by atoms with Crippen LogP contribution in [0.2, 0.25) is 0 Å². The van der Waals surface area contributed by atoms with Crippen LogP contribution in [0.1, 0.15) is 25.3 Å². The number of amides is 1. The quantitative estimate of drug-likeness (QED) is 0.449. The molecule has 2 aliphatic heterocycles. The first-order chi connectivity index (χ1) is 17.1. The van der Waals surface area contributed by atoms with Gasteiger partial charge in [0.2, 0.25) is 12.7 Å². The van der Waals surface area contributed by atoms with Crippen molar-refractivity contribution in [1.29, 1.82) is 0 Å². The van der Waals surface area contributed by atoms with Crippen LogP contribution in [-0.2, 0) is 22.6 Å². The van der Waals surface area contributed by atoms with Crippen molar-refractivity contribution in [3.05, 3.63) is 48.0 Å². The molecule has 184 valence electrons. The third-order valence-corrected chi connectivity index (χ3v) is 7.11. The van der Waals surface area contributed by atoms with Gasteiger partial charge in [0, 0.05) is 18.7 Å². The lowest BCUT2D eigenvalue weighted by molar-refractivity contribution is -0.120. The summed E-state index contributed by atoms with van der Waals surface area (Å²) < 4.78 is 24.0. The Bertz CT molecular complexity index is 1180. The third kappa shape index (κ3) is 5.38. The van der Waals surface area contributed by atoms with E-state index in [4.69, 9.17) is 18.9 Å². The van der Waals surface area contributed by atoms with Crippen molar-refractivity contribution in [2.24, 2.45) is 0 Å². The Hall–Kier alpha value is -3.24. The zero-order valence-electron chi connectivity index (χ0n) is 19.7. The number of rotatable bonds is 9. The molecule has 3 heterocycles. The largest absolute Gasteiger partial charge is 0.497 e. The number of carbonyl (C=O) groups excluding carboxylic acids is 1. The van der Waals surface area contributed by atoms with Gasteiger partial charge in [0.1, 0.15) is 5.75 Å². The van der Waals surface area contributed by atoms with Crippen molar-refractivity contribution < 1.29 is 23.7 Å². The fraction of sp³-hybridized carbons (Fsp3) is 0.400. The van der Waals surface area contributed by atoms with Crippen LogP contribution in [0.5, 0.6) is 17.2 Å². The van der Waals surface area contributed by atoms with Crippen molar-refractivity contribution in [3.63, 3.8) is 0 Å². The summed E-state index contributed by atoms with van der Waals surface area (Å²) in [5.74, 6) is 2.87. The smallest absolute Gasteiger partial charge is 0.233 e. The van der Waals surface area contributed by atoms with Crippen LogP contribution < -0.4 is 19.5 Å². The van der Waals surface area contributed by atoms with Gasteiger partial charge in [-0.1, -0.05) is 17.8 Å². The van der Waals surface area contributed by atoms with Crippen molar-refractivity contribution >= 4 is 17.7 Å². The SMILES string of the molecule is COc1ccc(-c2nnc(SC(C)C(=O)NCc3ccc4c(c3)OCO4)n2CC2CCCO2)cc1. The highest BCUT2D eigenvalue weighted by molar-refractivity contribution is 8.00. The Morgan fingerprint density at radius 1 is 1.20 bits per heavy atom. The number of ether oxygens (including phenoxy) is 4. The summed E-state index contributed by atoms with van der Waals surface area (Å²) in [7, 11) is 1.64. The molecule has 3 aromatic rings. The lowest BCUT2D eigenvalue weighted by Gasteiger charge is -2.16. The first kappa shape index (κ1) is 23.5. The third-order valence-electron chi connectivity index (χ3n) is 6.03. The van der Waals surface area contributed by atoms with E-state index < -0.39 is 0 Å². The van der Waals surface area contributed by atoms with Gasteiger partial charge < -0.3 is 24.3 Å². The Labute approximate surface area is 208 Å². The number of hydrogen-bond acceptors (Lipinski definition) is 8. The molecular weight excluding hydrogens is 468 g/mol. The lowest BCUT2D eigenvalue weighted by Crippen LogP contribution is -2.30. The minimum Gasteiger partial charge on any atom is -0.497 e. The number of fused-ring (bicyclic) bond motifs is 1. The van der Waals surface area contributed by atoms with Crippen LogP contribution in [-0.4, -0.2) is 52.5 Å². The summed E-state index contributed by atoms with van der Waals surface area (Å²) >= 11 is 1.39. The Balaban J connectivity index is 1.28. The van der Waals surface area contributed by atoms with Gasteiger partial charge in [-0.25, -0.2) is 0 Å². The van der Waals surface area contributed by atoms with Crippen molar-refractivity contribution in [2.75, 3.05) is 20.5 Å². The number of hydrogen-bond donors (Lipinski definition) is 1. The standard InChI is InChI=1S/C25H28N4O5S/c1-16(24(30)26-13-17-5-10-21-22(12-17)34-15-33-21)35-25-28-27-23(18-6-8-19(31-2)9-7-18)29(25)14-20-4-3-11-32-20/h5-10,12,16,20H,3-4,11,13-15H2,1-2H3,(H,26,30). The molecule has 10 heteroatoms. The normalized spacial score (nSPS) is 17.4. The number of thioether (sulfide) groups is 1. The first-order valence-corrected chi connectivity index (χ1v) is 12.5. The van der Waals surface area contributed by atoms with Gasteiger partial charge in [0.15, 0.2) is 22.5 Å². The van der Waals surface area contributed by atoms with E-state index in [2.05, 4.69) is 20.1 Å². The van der Waals surface area contributed by atoms with Gasteiger partial charge >= 0.3 is 0 Å². The molecule has 0 radical (unpaired) electrons. The minimum atomic E-state index is -0.361. The van der Waals surface area contributed by atoms with E-state index in [1.165, 1.54) is 11.8 Å². The molecule has 5 rings (SSSR count). The van der Waals surface area contributed by atoms with Crippen LogP contribution in [0, 0.1) is 0 Å². The van der Waals surface area contributed by atoms with E-state index >= 15 is 0 Å². The second kappa shape index (κ2) is 10.6. The van der Waals surface area contributed by atoms with E-state index in [1.54, 1.807) is 7.11 Å². The molecule has 1 amide bonds. The molecule has 0 aliphatic carbocycles. The van der Waals surface area contributed by atoms with Gasteiger partial charge in [0.05, 0.1) is 25.0 Å². The van der Waals surface area contributed by atoms with Gasteiger partial charge in [-0.2, -0.15) is 0 Å². The second-order valence-electron chi connectivity index (χ2n) is 8.45. The predicted octanol–water partition coefficient (Wildman–Crippen LogP) is 3.66. The maximum absolute atomic E-state index is 12.9. The molecule has 0 spiro atoms. The summed E-state index contributed by atoms with van der Waals surface area (Å²) in [4.78, 5) is 12.9. The van der Waals surface area contributed by atoms with Crippen molar-refractivity contribution in [3.8, 4) is 28.6 Å². The van der Waals surface area contributed by atoms with Crippen LogP contribution in [0.4, 0.5) is 0 Å². The van der Waals surface area contributed by atoms with E-state index in [0.29, 0.717) is 24.0 Å². The Morgan fingerprint density at radius 2 is 2.03 bits per heavy atom.